The van der Waals surface area contributed by atoms with Gasteiger partial charge in [-0.25, -0.2) is 0 Å². The number of hydrogen-bond acceptors (Lipinski definition) is 3. The molecule has 0 fully saturated rings. The third-order valence-corrected chi connectivity index (χ3v) is 4.29. The third kappa shape index (κ3) is 3.20. The van der Waals surface area contributed by atoms with Crippen LogP contribution in [0.15, 0.2) is 35.2 Å². The number of benzene rings is 1. The number of nitrogen functional groups attached to an aromatic ring is 1. The predicted molar refractivity (Wildman–Crippen MR) is 85.5 cm³/mol. The molecule has 2 aromatic rings. The zero-order chi connectivity index (χ0) is 14.7. The van der Waals surface area contributed by atoms with Crippen LogP contribution >= 0.6 is 11.8 Å². The summed E-state index contributed by atoms with van der Waals surface area (Å²) in [5, 5.41) is 7.74. The Labute approximate surface area is 124 Å². The molecule has 1 aromatic carbocycles. The first-order valence-electron chi connectivity index (χ1n) is 6.49. The highest BCUT2D eigenvalue weighted by molar-refractivity contribution is 7.98. The van der Waals surface area contributed by atoms with Gasteiger partial charge in [-0.05, 0) is 38.0 Å². The Balaban J connectivity index is 2.30. The molecule has 0 aliphatic rings. The van der Waals surface area contributed by atoms with Crippen molar-refractivity contribution >= 4 is 17.6 Å². The average Bonchev–Trinajstić information content (AvgIpc) is 2.36. The highest BCUT2D eigenvalue weighted by atomic mass is 32.2. The number of aryl methyl sites for hydroxylation is 3. The Morgan fingerprint density at radius 3 is 2.60 bits per heavy atom. The normalized spacial score (nSPS) is 10.6. The SMILES string of the molecule is Cc1cc(SCc2ccccc2C)c(C(=N)N)c(C)n1. The molecule has 0 unspecified atom stereocenters. The maximum atomic E-state index is 7.74. The highest BCUT2D eigenvalue weighted by Crippen LogP contribution is 2.29. The Morgan fingerprint density at radius 1 is 1.25 bits per heavy atom. The van der Waals surface area contributed by atoms with Crippen molar-refractivity contribution in [1.29, 1.82) is 5.41 Å². The van der Waals surface area contributed by atoms with Gasteiger partial charge in [-0.2, -0.15) is 0 Å². The van der Waals surface area contributed by atoms with Crippen molar-refractivity contribution in [2.75, 3.05) is 0 Å². The van der Waals surface area contributed by atoms with Crippen LogP contribution in [-0.4, -0.2) is 10.8 Å². The summed E-state index contributed by atoms with van der Waals surface area (Å²) in [5.41, 5.74) is 10.8. The predicted octanol–water partition coefficient (Wildman–Crippen LogP) is 3.58. The Kier molecular flexibility index (Phi) is 4.45. The summed E-state index contributed by atoms with van der Waals surface area (Å²) < 4.78 is 0. The van der Waals surface area contributed by atoms with E-state index < -0.39 is 0 Å². The lowest BCUT2D eigenvalue weighted by Gasteiger charge is -2.12. The van der Waals surface area contributed by atoms with E-state index in [4.69, 9.17) is 11.1 Å². The molecule has 20 heavy (non-hydrogen) atoms. The lowest BCUT2D eigenvalue weighted by atomic mass is 10.1. The fourth-order valence-corrected chi connectivity index (χ4v) is 3.45. The molecule has 4 heteroatoms. The van der Waals surface area contributed by atoms with Crippen molar-refractivity contribution < 1.29 is 0 Å². The zero-order valence-electron chi connectivity index (χ0n) is 12.0. The molecule has 1 heterocycles. The largest absolute Gasteiger partial charge is 0.384 e. The van der Waals surface area contributed by atoms with Crippen molar-refractivity contribution in [2.45, 2.75) is 31.4 Å². The molecule has 1 aromatic heterocycles. The highest BCUT2D eigenvalue weighted by Gasteiger charge is 2.12. The molecule has 0 spiro atoms. The molecule has 104 valence electrons. The number of nitrogens with zero attached hydrogens (tertiary/aromatic N) is 1. The van der Waals surface area contributed by atoms with Crippen molar-refractivity contribution in [3.63, 3.8) is 0 Å². The summed E-state index contributed by atoms with van der Waals surface area (Å²) in [6, 6.07) is 10.4. The van der Waals surface area contributed by atoms with Crippen molar-refractivity contribution in [2.24, 2.45) is 5.73 Å². The van der Waals surface area contributed by atoms with E-state index >= 15 is 0 Å². The van der Waals surface area contributed by atoms with Gasteiger partial charge in [0, 0.05) is 22.0 Å². The van der Waals surface area contributed by atoms with Crippen molar-refractivity contribution in [1.82, 2.24) is 4.98 Å². The van der Waals surface area contributed by atoms with E-state index in [1.165, 1.54) is 11.1 Å². The molecule has 3 N–H and O–H groups in total. The van der Waals surface area contributed by atoms with Crippen molar-refractivity contribution in [3.05, 3.63) is 58.4 Å². The first kappa shape index (κ1) is 14.6. The van der Waals surface area contributed by atoms with Crippen LogP contribution in [0, 0.1) is 26.2 Å². The van der Waals surface area contributed by atoms with Crippen LogP contribution < -0.4 is 5.73 Å². The van der Waals surface area contributed by atoms with E-state index in [0.29, 0.717) is 0 Å². The monoisotopic (exact) mass is 285 g/mol. The zero-order valence-corrected chi connectivity index (χ0v) is 12.8. The molecule has 0 bridgehead atoms. The molecule has 0 atom stereocenters. The van der Waals surface area contributed by atoms with Gasteiger partial charge in [0.05, 0.1) is 5.56 Å². The van der Waals surface area contributed by atoms with E-state index in [-0.39, 0.29) is 5.84 Å². The minimum Gasteiger partial charge on any atom is -0.384 e. The summed E-state index contributed by atoms with van der Waals surface area (Å²) in [6.45, 7) is 5.99. The molecule has 0 aliphatic carbocycles. The van der Waals surface area contributed by atoms with Gasteiger partial charge in [-0.15, -0.1) is 11.8 Å². The summed E-state index contributed by atoms with van der Waals surface area (Å²) >= 11 is 1.71. The second kappa shape index (κ2) is 6.09. The number of rotatable bonds is 4. The molecule has 0 amide bonds. The van der Waals surface area contributed by atoms with E-state index in [1.807, 2.05) is 26.0 Å². The lowest BCUT2D eigenvalue weighted by Crippen LogP contribution is -2.15. The number of nitrogens with one attached hydrogen (secondary N) is 1. The molecule has 0 radical (unpaired) electrons. The second-order valence-corrected chi connectivity index (χ2v) is 5.87. The van der Waals surface area contributed by atoms with Crippen LogP contribution in [0.2, 0.25) is 0 Å². The van der Waals surface area contributed by atoms with E-state index in [0.717, 1.165) is 27.6 Å². The summed E-state index contributed by atoms with van der Waals surface area (Å²) in [6.07, 6.45) is 0. The van der Waals surface area contributed by atoms with Gasteiger partial charge in [0.2, 0.25) is 0 Å². The maximum absolute atomic E-state index is 7.74. The van der Waals surface area contributed by atoms with E-state index in [1.54, 1.807) is 11.8 Å². The molecule has 0 saturated heterocycles. The maximum Gasteiger partial charge on any atom is 0.125 e. The standard InChI is InChI=1S/C16H19N3S/c1-10-6-4-5-7-13(10)9-20-14-8-11(2)19-12(3)15(14)16(17)18/h4-8H,9H2,1-3H3,(H3,17,18). The fraction of sp³-hybridized carbons (Fsp3) is 0.250. The molecule has 0 saturated carbocycles. The first-order chi connectivity index (χ1) is 9.49. The minimum absolute atomic E-state index is 0.0854. The number of hydrogen-bond donors (Lipinski definition) is 2. The number of aromatic nitrogens is 1. The van der Waals surface area contributed by atoms with Crippen LogP contribution in [0.25, 0.3) is 0 Å². The molecule has 0 aliphatic heterocycles. The van der Waals surface area contributed by atoms with Crippen LogP contribution in [0.3, 0.4) is 0 Å². The van der Waals surface area contributed by atoms with Crippen LogP contribution in [0.5, 0.6) is 0 Å². The summed E-state index contributed by atoms with van der Waals surface area (Å²) in [5.74, 6) is 0.956. The minimum atomic E-state index is 0.0854. The second-order valence-electron chi connectivity index (χ2n) is 4.85. The van der Waals surface area contributed by atoms with Crippen LogP contribution in [-0.2, 0) is 5.75 Å². The molecular weight excluding hydrogens is 266 g/mol. The Bertz CT molecular complexity index is 650. The summed E-state index contributed by atoms with van der Waals surface area (Å²) in [4.78, 5) is 5.43. The van der Waals surface area contributed by atoms with Gasteiger partial charge in [0.25, 0.3) is 0 Å². The quantitative estimate of drug-likeness (QED) is 0.512. The Morgan fingerprint density at radius 2 is 1.95 bits per heavy atom. The van der Waals surface area contributed by atoms with Gasteiger partial charge in [0.15, 0.2) is 0 Å². The lowest BCUT2D eigenvalue weighted by molar-refractivity contribution is 1.07. The molecular formula is C16H19N3S. The van der Waals surface area contributed by atoms with E-state index in [9.17, 15) is 0 Å². The van der Waals surface area contributed by atoms with Crippen molar-refractivity contribution in [3.8, 4) is 0 Å². The topological polar surface area (TPSA) is 62.8 Å². The van der Waals surface area contributed by atoms with Gasteiger partial charge in [-0.3, -0.25) is 10.4 Å². The third-order valence-electron chi connectivity index (χ3n) is 3.21. The fourth-order valence-electron chi connectivity index (χ4n) is 2.16. The molecule has 3 nitrogen and oxygen atoms in total. The number of amidine groups is 1. The number of pyridine rings is 1. The average molecular weight is 285 g/mol. The Hall–Kier alpha value is -1.81. The van der Waals surface area contributed by atoms with Gasteiger partial charge >= 0.3 is 0 Å². The van der Waals surface area contributed by atoms with E-state index in [2.05, 4.69) is 30.1 Å². The smallest absolute Gasteiger partial charge is 0.125 e. The number of nitrogens with two attached hydrogens (primary N) is 1. The van der Waals surface area contributed by atoms with Crippen LogP contribution in [0.1, 0.15) is 28.1 Å². The van der Waals surface area contributed by atoms with Gasteiger partial charge in [0.1, 0.15) is 5.84 Å². The first-order valence-corrected chi connectivity index (χ1v) is 7.47. The van der Waals surface area contributed by atoms with Crippen LogP contribution in [0.4, 0.5) is 0 Å². The van der Waals surface area contributed by atoms with Gasteiger partial charge in [-0.1, -0.05) is 24.3 Å². The summed E-state index contributed by atoms with van der Waals surface area (Å²) in [7, 11) is 0. The van der Waals surface area contributed by atoms with Gasteiger partial charge < -0.3 is 5.73 Å². The molecule has 2 rings (SSSR count). The number of thioether (sulfide) groups is 1.